The molecule has 0 saturated heterocycles. The number of fused-ring (bicyclic) bond motifs is 1. The molecule has 0 bridgehead atoms. The molecule has 0 aliphatic carbocycles. The van der Waals surface area contributed by atoms with E-state index in [-0.39, 0.29) is 0 Å². The van der Waals surface area contributed by atoms with Crippen LogP contribution in [0.15, 0.2) is 51.9 Å². The minimum absolute atomic E-state index is 0.394. The fourth-order valence-corrected chi connectivity index (χ4v) is 2.04. The number of carbonyl (C=O) groups is 2. The number of carboxylic acids is 2. The number of hydrogen-bond donors (Lipinski definition) is 3. The van der Waals surface area contributed by atoms with E-state index in [0.717, 1.165) is 24.3 Å². The summed E-state index contributed by atoms with van der Waals surface area (Å²) >= 11 is 0. The Labute approximate surface area is 131 Å². The van der Waals surface area contributed by atoms with Crippen LogP contribution in [0.3, 0.4) is 0 Å². The molecule has 7 nitrogen and oxygen atoms in total. The van der Waals surface area contributed by atoms with E-state index in [4.69, 9.17) is 14.6 Å². The van der Waals surface area contributed by atoms with E-state index >= 15 is 0 Å². The van der Waals surface area contributed by atoms with Gasteiger partial charge in [-0.25, -0.2) is 9.59 Å². The molecule has 0 fully saturated rings. The highest BCUT2D eigenvalue weighted by Gasteiger charge is 2.13. The van der Waals surface area contributed by atoms with Gasteiger partial charge >= 0.3 is 11.9 Å². The van der Waals surface area contributed by atoms with E-state index in [1.165, 1.54) is 5.39 Å². The molecule has 1 aliphatic rings. The van der Waals surface area contributed by atoms with Crippen molar-refractivity contribution in [2.75, 3.05) is 6.54 Å². The number of furan rings is 1. The summed E-state index contributed by atoms with van der Waals surface area (Å²) in [5.41, 5.74) is 0.964. The van der Waals surface area contributed by atoms with Crippen LogP contribution in [0.1, 0.15) is 5.76 Å². The molecule has 0 amide bonds. The first-order chi connectivity index (χ1) is 11.0. The number of carboxylic acid groups (broad SMARTS) is 2. The van der Waals surface area contributed by atoms with Crippen molar-refractivity contribution >= 4 is 29.2 Å². The number of aliphatic imine (C=N–C) groups is 1. The lowest BCUT2D eigenvalue weighted by Crippen LogP contribution is -2.26. The topological polar surface area (TPSA) is 112 Å². The average Bonchev–Trinajstić information content (AvgIpc) is 3.14. The molecule has 3 N–H and O–H groups in total. The predicted molar refractivity (Wildman–Crippen MR) is 84.6 cm³/mol. The summed E-state index contributed by atoms with van der Waals surface area (Å²) in [7, 11) is 0. The van der Waals surface area contributed by atoms with Crippen LogP contribution in [0.5, 0.6) is 0 Å². The highest BCUT2D eigenvalue weighted by Crippen LogP contribution is 2.20. The van der Waals surface area contributed by atoms with Gasteiger partial charge in [0.15, 0.2) is 0 Å². The van der Waals surface area contributed by atoms with E-state index in [1.807, 2.05) is 18.2 Å². The normalized spacial score (nSPS) is 16.1. The number of benzene rings is 1. The van der Waals surface area contributed by atoms with Crippen LogP contribution >= 0.6 is 0 Å². The van der Waals surface area contributed by atoms with E-state index in [2.05, 4.69) is 22.4 Å². The first-order valence-corrected chi connectivity index (χ1v) is 6.90. The van der Waals surface area contributed by atoms with Crippen LogP contribution in [0.4, 0.5) is 0 Å². The molecular weight excluding hydrogens is 300 g/mol. The predicted octanol–water partition coefficient (Wildman–Crippen LogP) is 1.69. The fraction of sp³-hybridized carbons (Fsp3) is 0.188. The van der Waals surface area contributed by atoms with Gasteiger partial charge < -0.3 is 19.9 Å². The van der Waals surface area contributed by atoms with Crippen LogP contribution in [-0.2, 0) is 16.0 Å². The molecule has 7 heteroatoms. The number of nitrogens with zero attached hydrogens (tertiary/aromatic N) is 1. The third-order valence-corrected chi connectivity index (χ3v) is 3.02. The van der Waals surface area contributed by atoms with Gasteiger partial charge in [-0.1, -0.05) is 18.2 Å². The molecule has 0 radical (unpaired) electrons. The van der Waals surface area contributed by atoms with Crippen LogP contribution in [0.25, 0.3) is 11.0 Å². The second-order valence-electron chi connectivity index (χ2n) is 4.82. The van der Waals surface area contributed by atoms with Gasteiger partial charge in [0.05, 0.1) is 18.9 Å². The Morgan fingerprint density at radius 2 is 1.96 bits per heavy atom. The molecule has 1 atom stereocenters. The number of rotatable bonds is 4. The number of aliphatic carboxylic acids is 2. The number of para-hydroxylation sites is 1. The maximum atomic E-state index is 9.55. The Balaban J connectivity index is 0.000000207. The lowest BCUT2D eigenvalue weighted by molar-refractivity contribution is -0.134. The summed E-state index contributed by atoms with van der Waals surface area (Å²) in [4.78, 5) is 23.2. The standard InChI is InChI=1S/C12H12N2O.C4H4O4/c1-2-4-12-9(3-1)5-11(15-12)6-10-7-13-8-14-10;5-3(6)1-2-4(7)8/h1-5,8,10H,6-7H2,(H,13,14);1-2H,(H,5,6)(H,7,8). The molecule has 3 rings (SSSR count). The summed E-state index contributed by atoms with van der Waals surface area (Å²) in [5.74, 6) is -1.49. The fourth-order valence-electron chi connectivity index (χ4n) is 2.04. The Morgan fingerprint density at radius 1 is 1.26 bits per heavy atom. The van der Waals surface area contributed by atoms with Gasteiger partial charge in [0.1, 0.15) is 11.3 Å². The number of nitrogens with one attached hydrogen (secondary N) is 1. The minimum Gasteiger partial charge on any atom is -0.478 e. The van der Waals surface area contributed by atoms with E-state index < -0.39 is 11.9 Å². The average molecular weight is 316 g/mol. The largest absolute Gasteiger partial charge is 0.478 e. The smallest absolute Gasteiger partial charge is 0.328 e. The summed E-state index contributed by atoms with van der Waals surface area (Å²) in [5, 5.41) is 20.0. The molecule has 23 heavy (non-hydrogen) atoms. The molecule has 120 valence electrons. The first-order valence-electron chi connectivity index (χ1n) is 6.90. The van der Waals surface area contributed by atoms with Gasteiger partial charge in [-0.2, -0.15) is 0 Å². The molecule has 2 heterocycles. The number of hydrogen-bond acceptors (Lipinski definition) is 5. The zero-order chi connectivity index (χ0) is 16.7. The van der Waals surface area contributed by atoms with Crippen molar-refractivity contribution in [1.82, 2.24) is 5.32 Å². The quantitative estimate of drug-likeness (QED) is 0.740. The monoisotopic (exact) mass is 316 g/mol. The molecule has 1 aliphatic heterocycles. The zero-order valence-corrected chi connectivity index (χ0v) is 12.2. The van der Waals surface area contributed by atoms with Gasteiger partial charge in [0.25, 0.3) is 0 Å². The molecule has 2 aromatic rings. The molecule has 1 aromatic heterocycles. The molecule has 1 unspecified atom stereocenters. The SMILES string of the molecule is C1=NCC(Cc2cc3ccccc3o2)N1.O=C(O)C=CC(=O)O. The maximum absolute atomic E-state index is 9.55. The van der Waals surface area contributed by atoms with Gasteiger partial charge in [-0.3, -0.25) is 4.99 Å². The molecule has 0 saturated carbocycles. The van der Waals surface area contributed by atoms with E-state index in [0.29, 0.717) is 18.2 Å². The summed E-state index contributed by atoms with van der Waals surface area (Å²) < 4.78 is 5.73. The molecule has 0 spiro atoms. The first kappa shape index (κ1) is 16.3. The highest BCUT2D eigenvalue weighted by molar-refractivity contribution is 5.89. The van der Waals surface area contributed by atoms with E-state index in [1.54, 1.807) is 6.34 Å². The Hall–Kier alpha value is -3.09. The Kier molecular flexibility index (Phi) is 5.51. The van der Waals surface area contributed by atoms with Crippen molar-refractivity contribution in [2.45, 2.75) is 12.5 Å². The van der Waals surface area contributed by atoms with Gasteiger partial charge in [-0.05, 0) is 12.1 Å². The van der Waals surface area contributed by atoms with Crippen molar-refractivity contribution < 1.29 is 24.2 Å². The second-order valence-corrected chi connectivity index (χ2v) is 4.82. The summed E-state index contributed by atoms with van der Waals surface area (Å²) in [6.45, 7) is 0.844. The minimum atomic E-state index is -1.26. The van der Waals surface area contributed by atoms with Gasteiger partial charge in [0.2, 0.25) is 0 Å². The highest BCUT2D eigenvalue weighted by atomic mass is 16.4. The molecular formula is C16H16N2O5. The third-order valence-electron chi connectivity index (χ3n) is 3.02. The second kappa shape index (κ2) is 7.79. The van der Waals surface area contributed by atoms with Crippen LogP contribution < -0.4 is 5.32 Å². The van der Waals surface area contributed by atoms with Crippen molar-refractivity contribution in [3.8, 4) is 0 Å². The lowest BCUT2D eigenvalue weighted by Gasteiger charge is -2.05. The van der Waals surface area contributed by atoms with Crippen LogP contribution in [0.2, 0.25) is 0 Å². The van der Waals surface area contributed by atoms with Crippen molar-refractivity contribution in [2.24, 2.45) is 4.99 Å². The van der Waals surface area contributed by atoms with Crippen LogP contribution in [0, 0.1) is 0 Å². The summed E-state index contributed by atoms with van der Waals surface area (Å²) in [6, 6.07) is 10.6. The van der Waals surface area contributed by atoms with Crippen LogP contribution in [-0.4, -0.2) is 41.1 Å². The van der Waals surface area contributed by atoms with Gasteiger partial charge in [0, 0.05) is 24.0 Å². The van der Waals surface area contributed by atoms with E-state index in [9.17, 15) is 9.59 Å². The summed E-state index contributed by atoms with van der Waals surface area (Å²) in [6.07, 6.45) is 3.78. The van der Waals surface area contributed by atoms with Gasteiger partial charge in [-0.15, -0.1) is 0 Å². The zero-order valence-electron chi connectivity index (χ0n) is 12.2. The van der Waals surface area contributed by atoms with Crippen molar-refractivity contribution in [3.63, 3.8) is 0 Å². The Morgan fingerprint density at radius 3 is 2.52 bits per heavy atom. The lowest BCUT2D eigenvalue weighted by atomic mass is 10.1. The van der Waals surface area contributed by atoms with Crippen molar-refractivity contribution in [1.29, 1.82) is 0 Å². The third kappa shape index (κ3) is 5.31. The molecule has 1 aromatic carbocycles. The Bertz CT molecular complexity index is 691. The van der Waals surface area contributed by atoms with Crippen molar-refractivity contribution in [3.05, 3.63) is 48.2 Å². The maximum Gasteiger partial charge on any atom is 0.328 e.